The molecular formula is C15H19N5O2S. The van der Waals surface area contributed by atoms with E-state index in [-0.39, 0.29) is 24.1 Å². The van der Waals surface area contributed by atoms with Gasteiger partial charge in [-0.2, -0.15) is 0 Å². The molecule has 0 aliphatic rings. The van der Waals surface area contributed by atoms with Gasteiger partial charge < -0.3 is 10.6 Å². The van der Waals surface area contributed by atoms with Gasteiger partial charge in [-0.25, -0.2) is 4.98 Å². The van der Waals surface area contributed by atoms with Crippen LogP contribution < -0.4 is 10.6 Å². The fourth-order valence-electron chi connectivity index (χ4n) is 1.79. The van der Waals surface area contributed by atoms with Crippen molar-refractivity contribution in [1.29, 1.82) is 0 Å². The molecule has 0 saturated heterocycles. The number of aryl methyl sites for hydroxylation is 1. The lowest BCUT2D eigenvalue weighted by Crippen LogP contribution is -2.36. The van der Waals surface area contributed by atoms with E-state index in [1.807, 2.05) is 12.1 Å². The molecule has 0 aliphatic carbocycles. The lowest BCUT2D eigenvalue weighted by molar-refractivity contribution is -0.124. The van der Waals surface area contributed by atoms with Crippen molar-refractivity contribution < 1.29 is 9.59 Å². The second kappa shape index (κ2) is 8.33. The SMILES string of the molecule is CCc1ccc(-c2nc(SCC(=O)NCC(=O)NC)n[nH]2)cc1. The molecule has 0 atom stereocenters. The van der Waals surface area contributed by atoms with Crippen LogP contribution in [0.2, 0.25) is 0 Å². The Kier molecular flexibility index (Phi) is 6.16. The quantitative estimate of drug-likeness (QED) is 0.656. The maximum absolute atomic E-state index is 11.6. The molecule has 2 amide bonds. The summed E-state index contributed by atoms with van der Waals surface area (Å²) in [7, 11) is 1.52. The first-order valence-electron chi connectivity index (χ1n) is 7.24. The summed E-state index contributed by atoms with van der Waals surface area (Å²) >= 11 is 1.21. The van der Waals surface area contributed by atoms with E-state index < -0.39 is 0 Å². The summed E-state index contributed by atoms with van der Waals surface area (Å²) in [5.41, 5.74) is 2.21. The summed E-state index contributed by atoms with van der Waals surface area (Å²) in [5, 5.41) is 12.4. The minimum atomic E-state index is -0.239. The standard InChI is InChI=1S/C15H19N5O2S/c1-3-10-4-6-11(7-5-10)14-18-15(20-19-14)23-9-13(22)17-8-12(21)16-2/h4-7H,3,8-9H2,1-2H3,(H,16,21)(H,17,22)(H,18,19,20). The second-order valence-corrected chi connectivity index (χ2v) is 5.70. The highest BCUT2D eigenvalue weighted by atomic mass is 32.2. The van der Waals surface area contributed by atoms with Crippen LogP contribution in [0.3, 0.4) is 0 Å². The first kappa shape index (κ1) is 17.0. The van der Waals surface area contributed by atoms with Crippen molar-refractivity contribution in [2.24, 2.45) is 0 Å². The summed E-state index contributed by atoms with van der Waals surface area (Å²) in [6.45, 7) is 2.08. The highest BCUT2D eigenvalue weighted by Gasteiger charge is 2.09. The van der Waals surface area contributed by atoms with Crippen LogP contribution in [0.5, 0.6) is 0 Å². The molecule has 0 saturated carbocycles. The third kappa shape index (κ3) is 5.10. The third-order valence-electron chi connectivity index (χ3n) is 3.16. The molecule has 2 rings (SSSR count). The number of carbonyl (C=O) groups is 2. The average Bonchev–Trinajstić information content (AvgIpc) is 3.06. The Hall–Kier alpha value is -2.35. The zero-order valence-corrected chi connectivity index (χ0v) is 13.9. The monoisotopic (exact) mass is 333 g/mol. The van der Waals surface area contributed by atoms with Gasteiger partial charge in [-0.15, -0.1) is 5.10 Å². The Morgan fingerprint density at radius 1 is 1.22 bits per heavy atom. The minimum Gasteiger partial charge on any atom is -0.358 e. The number of hydrogen-bond donors (Lipinski definition) is 3. The number of likely N-dealkylation sites (N-methyl/N-ethyl adjacent to an activating group) is 1. The number of benzene rings is 1. The normalized spacial score (nSPS) is 10.3. The number of nitrogens with zero attached hydrogens (tertiary/aromatic N) is 2. The van der Waals surface area contributed by atoms with Gasteiger partial charge in [0.05, 0.1) is 12.3 Å². The molecule has 1 aromatic heterocycles. The molecule has 23 heavy (non-hydrogen) atoms. The van der Waals surface area contributed by atoms with Crippen LogP contribution in [0.25, 0.3) is 11.4 Å². The minimum absolute atomic E-state index is 0.0289. The molecule has 0 spiro atoms. The second-order valence-electron chi connectivity index (χ2n) is 4.76. The topological polar surface area (TPSA) is 99.8 Å². The smallest absolute Gasteiger partial charge is 0.239 e. The summed E-state index contributed by atoms with van der Waals surface area (Å²) in [5.74, 6) is 0.348. The Morgan fingerprint density at radius 2 is 1.96 bits per heavy atom. The number of hydrogen-bond acceptors (Lipinski definition) is 5. The molecule has 0 fully saturated rings. The van der Waals surface area contributed by atoms with E-state index in [4.69, 9.17) is 0 Å². The van der Waals surface area contributed by atoms with Crippen LogP contribution in [0.1, 0.15) is 12.5 Å². The van der Waals surface area contributed by atoms with Crippen LogP contribution in [0.15, 0.2) is 29.4 Å². The Labute approximate surface area is 138 Å². The van der Waals surface area contributed by atoms with Crippen LogP contribution >= 0.6 is 11.8 Å². The molecule has 1 aromatic carbocycles. The zero-order chi connectivity index (χ0) is 16.7. The van der Waals surface area contributed by atoms with E-state index in [0.29, 0.717) is 11.0 Å². The molecule has 0 bridgehead atoms. The van der Waals surface area contributed by atoms with Gasteiger partial charge in [0.15, 0.2) is 5.82 Å². The Bertz CT molecular complexity index is 669. The molecule has 122 valence electrons. The van der Waals surface area contributed by atoms with Crippen molar-refractivity contribution in [1.82, 2.24) is 25.8 Å². The van der Waals surface area contributed by atoms with Gasteiger partial charge in [0.2, 0.25) is 17.0 Å². The van der Waals surface area contributed by atoms with Crippen molar-refractivity contribution in [3.8, 4) is 11.4 Å². The molecule has 1 heterocycles. The van der Waals surface area contributed by atoms with Gasteiger partial charge >= 0.3 is 0 Å². The van der Waals surface area contributed by atoms with Crippen molar-refractivity contribution in [3.05, 3.63) is 29.8 Å². The van der Waals surface area contributed by atoms with E-state index in [2.05, 4.69) is 44.9 Å². The fraction of sp³-hybridized carbons (Fsp3) is 0.333. The van der Waals surface area contributed by atoms with E-state index in [0.717, 1.165) is 12.0 Å². The van der Waals surface area contributed by atoms with Crippen LogP contribution in [0, 0.1) is 0 Å². The highest BCUT2D eigenvalue weighted by molar-refractivity contribution is 7.99. The van der Waals surface area contributed by atoms with Crippen LogP contribution in [-0.4, -0.2) is 46.3 Å². The van der Waals surface area contributed by atoms with E-state index in [9.17, 15) is 9.59 Å². The maximum atomic E-state index is 11.6. The van der Waals surface area contributed by atoms with Crippen molar-refractivity contribution >= 4 is 23.6 Å². The summed E-state index contributed by atoms with van der Waals surface area (Å²) < 4.78 is 0. The number of carbonyl (C=O) groups excluding carboxylic acids is 2. The zero-order valence-electron chi connectivity index (χ0n) is 13.0. The lowest BCUT2D eigenvalue weighted by atomic mass is 10.1. The average molecular weight is 333 g/mol. The molecular weight excluding hydrogens is 314 g/mol. The van der Waals surface area contributed by atoms with Gasteiger partial charge in [-0.1, -0.05) is 43.0 Å². The predicted octanol–water partition coefficient (Wildman–Crippen LogP) is 0.988. The van der Waals surface area contributed by atoms with Crippen LogP contribution in [-0.2, 0) is 16.0 Å². The molecule has 2 aromatic rings. The number of rotatable bonds is 7. The van der Waals surface area contributed by atoms with E-state index >= 15 is 0 Å². The largest absolute Gasteiger partial charge is 0.358 e. The van der Waals surface area contributed by atoms with Gasteiger partial charge in [0.25, 0.3) is 0 Å². The third-order valence-corrected chi connectivity index (χ3v) is 4.01. The first-order valence-corrected chi connectivity index (χ1v) is 8.22. The number of aromatic nitrogens is 3. The van der Waals surface area contributed by atoms with Gasteiger partial charge in [-0.3, -0.25) is 14.7 Å². The van der Waals surface area contributed by atoms with Crippen molar-refractivity contribution in [3.63, 3.8) is 0 Å². The van der Waals surface area contributed by atoms with E-state index in [1.165, 1.54) is 24.4 Å². The Morgan fingerprint density at radius 3 is 2.61 bits per heavy atom. The first-order chi connectivity index (χ1) is 11.1. The molecule has 0 radical (unpaired) electrons. The van der Waals surface area contributed by atoms with Crippen molar-refractivity contribution in [2.75, 3.05) is 19.3 Å². The molecule has 3 N–H and O–H groups in total. The lowest BCUT2D eigenvalue weighted by Gasteiger charge is -2.02. The summed E-state index contributed by atoms with van der Waals surface area (Å²) in [6.07, 6.45) is 0.989. The molecule has 0 unspecified atom stereocenters. The number of thioether (sulfide) groups is 1. The number of aromatic amines is 1. The molecule has 7 nitrogen and oxygen atoms in total. The maximum Gasteiger partial charge on any atom is 0.239 e. The predicted molar refractivity (Wildman–Crippen MR) is 89.0 cm³/mol. The van der Waals surface area contributed by atoms with Crippen molar-refractivity contribution in [2.45, 2.75) is 18.5 Å². The Balaban J connectivity index is 1.86. The van der Waals surface area contributed by atoms with E-state index in [1.54, 1.807) is 0 Å². The highest BCUT2D eigenvalue weighted by Crippen LogP contribution is 2.19. The molecule has 0 aliphatic heterocycles. The number of amides is 2. The van der Waals surface area contributed by atoms with Gasteiger partial charge in [0.1, 0.15) is 0 Å². The summed E-state index contributed by atoms with van der Waals surface area (Å²) in [4.78, 5) is 27.0. The van der Waals surface area contributed by atoms with Gasteiger partial charge in [0, 0.05) is 12.6 Å². The number of nitrogens with one attached hydrogen (secondary N) is 3. The number of H-pyrrole nitrogens is 1. The summed E-state index contributed by atoms with van der Waals surface area (Å²) in [6, 6.07) is 8.08. The van der Waals surface area contributed by atoms with Gasteiger partial charge in [-0.05, 0) is 12.0 Å². The molecule has 8 heteroatoms. The fourth-order valence-corrected chi connectivity index (χ4v) is 2.42. The van der Waals surface area contributed by atoms with Crippen LogP contribution in [0.4, 0.5) is 0 Å².